The van der Waals surface area contributed by atoms with Crippen LogP contribution in [0.1, 0.15) is 32.4 Å². The molecule has 2 rings (SSSR count). The van der Waals surface area contributed by atoms with Crippen LogP contribution in [0.3, 0.4) is 0 Å². The first-order valence-electron chi connectivity index (χ1n) is 7.69. The van der Waals surface area contributed by atoms with Crippen molar-refractivity contribution in [2.75, 3.05) is 5.32 Å². The third kappa shape index (κ3) is 4.58. The summed E-state index contributed by atoms with van der Waals surface area (Å²) in [6.45, 7) is 5.51. The largest absolute Gasteiger partial charge is 0.481 e. The van der Waals surface area contributed by atoms with Crippen LogP contribution in [0.15, 0.2) is 36.5 Å². The van der Waals surface area contributed by atoms with Gasteiger partial charge in [0.25, 0.3) is 0 Å². The Morgan fingerprint density at radius 3 is 2.58 bits per heavy atom. The van der Waals surface area contributed by atoms with Crippen LogP contribution in [0.2, 0.25) is 0 Å². The van der Waals surface area contributed by atoms with E-state index in [-0.39, 0.29) is 12.5 Å². The standard InChI is InChI=1S/C17H22N4O3/c1-12-9-11-18-21(12)14-7-5-4-6-13(14)19-16(24)20-17(2,3)10-8-15(22)23/h4-7,9,11H,8,10H2,1-3H3,(H,22,23)(H2,19,20,24). The summed E-state index contributed by atoms with van der Waals surface area (Å²) in [5.74, 6) is -0.884. The number of rotatable bonds is 6. The molecule has 0 aliphatic rings. The zero-order chi connectivity index (χ0) is 17.7. The maximum atomic E-state index is 12.3. The molecule has 0 fully saturated rings. The molecule has 24 heavy (non-hydrogen) atoms. The molecule has 0 saturated carbocycles. The highest BCUT2D eigenvalue weighted by atomic mass is 16.4. The van der Waals surface area contributed by atoms with E-state index in [1.807, 2.05) is 31.2 Å². The highest BCUT2D eigenvalue weighted by Crippen LogP contribution is 2.21. The smallest absolute Gasteiger partial charge is 0.319 e. The van der Waals surface area contributed by atoms with Crippen LogP contribution in [0, 0.1) is 6.92 Å². The van der Waals surface area contributed by atoms with Gasteiger partial charge in [-0.2, -0.15) is 5.10 Å². The fourth-order valence-corrected chi connectivity index (χ4v) is 2.33. The van der Waals surface area contributed by atoms with E-state index < -0.39 is 11.5 Å². The van der Waals surface area contributed by atoms with Crippen molar-refractivity contribution >= 4 is 17.7 Å². The Balaban J connectivity index is 2.10. The number of nitrogens with zero attached hydrogens (tertiary/aromatic N) is 2. The number of carboxylic acid groups (broad SMARTS) is 1. The van der Waals surface area contributed by atoms with Gasteiger partial charge in [0.05, 0.1) is 11.4 Å². The zero-order valence-corrected chi connectivity index (χ0v) is 14.0. The summed E-state index contributed by atoms with van der Waals surface area (Å²) >= 11 is 0. The van der Waals surface area contributed by atoms with E-state index in [0.29, 0.717) is 12.1 Å². The van der Waals surface area contributed by atoms with E-state index in [0.717, 1.165) is 11.4 Å². The lowest BCUT2D eigenvalue weighted by molar-refractivity contribution is -0.137. The predicted molar refractivity (Wildman–Crippen MR) is 91.4 cm³/mol. The number of carbonyl (C=O) groups is 2. The second kappa shape index (κ2) is 7.16. The maximum absolute atomic E-state index is 12.3. The van der Waals surface area contributed by atoms with Crippen molar-refractivity contribution < 1.29 is 14.7 Å². The molecule has 0 atom stereocenters. The first kappa shape index (κ1) is 17.5. The lowest BCUT2D eigenvalue weighted by atomic mass is 9.99. The summed E-state index contributed by atoms with van der Waals surface area (Å²) in [5, 5.41) is 18.6. The van der Waals surface area contributed by atoms with Crippen LogP contribution in [0.5, 0.6) is 0 Å². The first-order chi connectivity index (χ1) is 11.3. The van der Waals surface area contributed by atoms with Crippen molar-refractivity contribution in [3.63, 3.8) is 0 Å². The molecule has 1 aromatic heterocycles. The Morgan fingerprint density at radius 1 is 1.25 bits per heavy atom. The number of carboxylic acids is 1. The second-order valence-electron chi connectivity index (χ2n) is 6.26. The van der Waals surface area contributed by atoms with Crippen LogP contribution >= 0.6 is 0 Å². The maximum Gasteiger partial charge on any atom is 0.319 e. The number of amides is 2. The number of hydrogen-bond acceptors (Lipinski definition) is 3. The summed E-state index contributed by atoms with van der Waals surface area (Å²) in [7, 11) is 0. The summed E-state index contributed by atoms with van der Waals surface area (Å²) in [5.41, 5.74) is 1.71. The average molecular weight is 330 g/mol. The molecule has 7 heteroatoms. The molecule has 1 aromatic carbocycles. The molecule has 0 saturated heterocycles. The number of para-hydroxylation sites is 2. The average Bonchev–Trinajstić information content (AvgIpc) is 2.91. The number of hydrogen-bond donors (Lipinski definition) is 3. The molecule has 1 heterocycles. The van der Waals surface area contributed by atoms with Gasteiger partial charge in [-0.05, 0) is 45.4 Å². The number of urea groups is 1. The van der Waals surface area contributed by atoms with Crippen molar-refractivity contribution in [3.8, 4) is 5.69 Å². The molecule has 0 bridgehead atoms. The Labute approximate surface area is 140 Å². The van der Waals surface area contributed by atoms with E-state index >= 15 is 0 Å². The van der Waals surface area contributed by atoms with Gasteiger partial charge >= 0.3 is 12.0 Å². The SMILES string of the molecule is Cc1ccnn1-c1ccccc1NC(=O)NC(C)(C)CCC(=O)O. The molecule has 0 aliphatic heterocycles. The minimum absolute atomic E-state index is 0.00362. The number of aliphatic carboxylic acids is 1. The van der Waals surface area contributed by atoms with Crippen molar-refractivity contribution in [2.45, 2.75) is 39.2 Å². The van der Waals surface area contributed by atoms with Gasteiger partial charge in [-0.15, -0.1) is 0 Å². The number of benzene rings is 1. The predicted octanol–water partition coefficient (Wildman–Crippen LogP) is 2.95. The second-order valence-corrected chi connectivity index (χ2v) is 6.26. The van der Waals surface area contributed by atoms with Gasteiger partial charge in [-0.3, -0.25) is 4.79 Å². The fraction of sp³-hybridized carbons (Fsp3) is 0.353. The number of anilines is 1. The molecule has 7 nitrogen and oxygen atoms in total. The summed E-state index contributed by atoms with van der Waals surface area (Å²) in [6.07, 6.45) is 2.03. The van der Waals surface area contributed by atoms with Gasteiger partial charge in [0.1, 0.15) is 0 Å². The Hall–Kier alpha value is -2.83. The van der Waals surface area contributed by atoms with Crippen LogP contribution in [0.25, 0.3) is 5.69 Å². The molecule has 128 valence electrons. The third-order valence-corrected chi connectivity index (χ3v) is 3.63. The van der Waals surface area contributed by atoms with Gasteiger partial charge < -0.3 is 15.7 Å². The summed E-state index contributed by atoms with van der Waals surface area (Å²) in [4.78, 5) is 23.0. The zero-order valence-electron chi connectivity index (χ0n) is 14.0. The van der Waals surface area contributed by atoms with E-state index in [1.54, 1.807) is 30.8 Å². The van der Waals surface area contributed by atoms with Crippen LogP contribution in [-0.2, 0) is 4.79 Å². The summed E-state index contributed by atoms with van der Waals surface area (Å²) in [6, 6.07) is 8.85. The van der Waals surface area contributed by atoms with Crippen molar-refractivity contribution in [2.24, 2.45) is 0 Å². The van der Waals surface area contributed by atoms with Gasteiger partial charge in [0, 0.05) is 23.9 Å². The molecule has 0 spiro atoms. The lowest BCUT2D eigenvalue weighted by Crippen LogP contribution is -2.45. The monoisotopic (exact) mass is 330 g/mol. The molecule has 2 amide bonds. The molecule has 2 aromatic rings. The van der Waals surface area contributed by atoms with Crippen LogP contribution in [0.4, 0.5) is 10.5 Å². The lowest BCUT2D eigenvalue weighted by Gasteiger charge is -2.26. The van der Waals surface area contributed by atoms with Gasteiger partial charge in [-0.25, -0.2) is 9.48 Å². The van der Waals surface area contributed by atoms with Crippen LogP contribution < -0.4 is 10.6 Å². The number of nitrogens with one attached hydrogen (secondary N) is 2. The molecule has 0 unspecified atom stereocenters. The van der Waals surface area contributed by atoms with E-state index in [1.165, 1.54) is 0 Å². The number of aryl methyl sites for hydroxylation is 1. The fourth-order valence-electron chi connectivity index (χ4n) is 2.33. The topological polar surface area (TPSA) is 96.3 Å². The van der Waals surface area contributed by atoms with Crippen molar-refractivity contribution in [1.82, 2.24) is 15.1 Å². The highest BCUT2D eigenvalue weighted by molar-refractivity contribution is 5.92. The van der Waals surface area contributed by atoms with Crippen LogP contribution in [-0.4, -0.2) is 32.4 Å². The summed E-state index contributed by atoms with van der Waals surface area (Å²) < 4.78 is 1.74. The van der Waals surface area contributed by atoms with Crippen molar-refractivity contribution in [1.29, 1.82) is 0 Å². The molecule has 3 N–H and O–H groups in total. The van der Waals surface area contributed by atoms with E-state index in [4.69, 9.17) is 5.11 Å². The van der Waals surface area contributed by atoms with Crippen molar-refractivity contribution in [3.05, 3.63) is 42.2 Å². The van der Waals surface area contributed by atoms with Gasteiger partial charge in [-0.1, -0.05) is 12.1 Å². The molecular formula is C17H22N4O3. The highest BCUT2D eigenvalue weighted by Gasteiger charge is 2.22. The molecular weight excluding hydrogens is 308 g/mol. The third-order valence-electron chi connectivity index (χ3n) is 3.63. The Kier molecular flexibility index (Phi) is 5.23. The van der Waals surface area contributed by atoms with Gasteiger partial charge in [0.2, 0.25) is 0 Å². The van der Waals surface area contributed by atoms with Gasteiger partial charge in [0.15, 0.2) is 0 Å². The Bertz CT molecular complexity index is 737. The Morgan fingerprint density at radius 2 is 1.96 bits per heavy atom. The number of aromatic nitrogens is 2. The first-order valence-corrected chi connectivity index (χ1v) is 7.69. The molecule has 0 radical (unpaired) electrons. The van der Waals surface area contributed by atoms with E-state index in [2.05, 4.69) is 15.7 Å². The number of carbonyl (C=O) groups excluding carboxylic acids is 1. The quantitative estimate of drug-likeness (QED) is 0.758. The van der Waals surface area contributed by atoms with E-state index in [9.17, 15) is 9.59 Å². The normalized spacial score (nSPS) is 11.1. The molecule has 0 aliphatic carbocycles. The minimum Gasteiger partial charge on any atom is -0.481 e. The minimum atomic E-state index is -0.884.